The molecule has 1 unspecified atom stereocenters. The third-order valence-corrected chi connectivity index (χ3v) is 3.03. The first-order chi connectivity index (χ1) is 8.22. The average Bonchev–Trinajstić information content (AvgIpc) is 2.39. The molecule has 4 heteroatoms. The molecular formula is C13H16ClNO2. The van der Waals surface area contributed by atoms with Gasteiger partial charge in [0.2, 0.25) is 0 Å². The van der Waals surface area contributed by atoms with E-state index in [0.717, 1.165) is 30.8 Å². The van der Waals surface area contributed by atoms with Crippen molar-refractivity contribution in [1.82, 2.24) is 0 Å². The van der Waals surface area contributed by atoms with Gasteiger partial charge in [-0.05, 0) is 31.1 Å². The van der Waals surface area contributed by atoms with Crippen LogP contribution in [0.3, 0.4) is 0 Å². The Kier molecular flexibility index (Phi) is 3.92. The van der Waals surface area contributed by atoms with Gasteiger partial charge < -0.3 is 15.2 Å². The molecule has 0 fully saturated rings. The van der Waals surface area contributed by atoms with E-state index < -0.39 is 0 Å². The fraction of sp³-hybridized carbons (Fsp3) is 0.385. The minimum atomic E-state index is -0.289. The molecule has 17 heavy (non-hydrogen) atoms. The predicted molar refractivity (Wildman–Crippen MR) is 68.2 cm³/mol. The summed E-state index contributed by atoms with van der Waals surface area (Å²) in [5, 5.41) is 0.636. The van der Waals surface area contributed by atoms with Gasteiger partial charge in [-0.25, -0.2) is 0 Å². The van der Waals surface area contributed by atoms with Crippen molar-refractivity contribution >= 4 is 11.6 Å². The number of rotatable bonds is 3. The van der Waals surface area contributed by atoms with E-state index in [9.17, 15) is 0 Å². The van der Waals surface area contributed by atoms with Crippen LogP contribution >= 0.6 is 11.6 Å². The zero-order chi connectivity index (χ0) is 12.3. The Morgan fingerprint density at radius 2 is 2.29 bits per heavy atom. The van der Waals surface area contributed by atoms with Crippen molar-refractivity contribution < 1.29 is 9.47 Å². The molecule has 0 saturated heterocycles. The van der Waals surface area contributed by atoms with Crippen molar-refractivity contribution in [3.8, 4) is 5.75 Å². The number of hydrogen-bond acceptors (Lipinski definition) is 3. The summed E-state index contributed by atoms with van der Waals surface area (Å²) >= 11 is 5.92. The van der Waals surface area contributed by atoms with Crippen molar-refractivity contribution in [2.75, 3.05) is 13.7 Å². The van der Waals surface area contributed by atoms with Gasteiger partial charge in [0.15, 0.2) is 0 Å². The van der Waals surface area contributed by atoms with Gasteiger partial charge in [0.25, 0.3) is 0 Å². The van der Waals surface area contributed by atoms with Gasteiger partial charge in [-0.2, -0.15) is 0 Å². The van der Waals surface area contributed by atoms with E-state index in [0.29, 0.717) is 10.8 Å². The van der Waals surface area contributed by atoms with Crippen LogP contribution in [0.2, 0.25) is 5.02 Å². The molecule has 0 spiro atoms. The molecule has 0 radical (unpaired) electrons. The number of hydrogen-bond donors (Lipinski definition) is 1. The largest absolute Gasteiger partial charge is 0.496 e. The molecule has 0 saturated carbocycles. The van der Waals surface area contributed by atoms with E-state index in [1.54, 1.807) is 13.2 Å². The molecule has 1 aromatic carbocycles. The zero-order valence-corrected chi connectivity index (χ0v) is 10.5. The molecule has 1 aliphatic rings. The summed E-state index contributed by atoms with van der Waals surface area (Å²) in [7, 11) is 1.61. The summed E-state index contributed by atoms with van der Waals surface area (Å²) in [6.07, 6.45) is 4.11. The summed E-state index contributed by atoms with van der Waals surface area (Å²) in [4.78, 5) is 0. The van der Waals surface area contributed by atoms with Crippen molar-refractivity contribution in [2.24, 2.45) is 5.73 Å². The molecule has 0 bridgehead atoms. The highest BCUT2D eigenvalue weighted by Crippen LogP contribution is 2.32. The Bertz CT molecular complexity index is 431. The predicted octanol–water partition coefficient (Wildman–Crippen LogP) is 3.04. The number of nitrogens with two attached hydrogens (primary N) is 1. The van der Waals surface area contributed by atoms with Crippen LogP contribution < -0.4 is 10.5 Å². The molecule has 1 aliphatic heterocycles. The number of ether oxygens (including phenoxy) is 2. The third-order valence-electron chi connectivity index (χ3n) is 2.80. The first-order valence-corrected chi connectivity index (χ1v) is 6.02. The number of halogens is 1. The zero-order valence-electron chi connectivity index (χ0n) is 9.78. The Morgan fingerprint density at radius 1 is 1.47 bits per heavy atom. The Morgan fingerprint density at radius 3 is 2.94 bits per heavy atom. The number of methoxy groups -OCH3 is 1. The smallest absolute Gasteiger partial charge is 0.125 e. The molecule has 0 aliphatic carbocycles. The van der Waals surface area contributed by atoms with E-state index in [-0.39, 0.29) is 6.04 Å². The van der Waals surface area contributed by atoms with E-state index >= 15 is 0 Å². The van der Waals surface area contributed by atoms with E-state index in [1.807, 2.05) is 18.2 Å². The SMILES string of the molecule is COc1cc(Cl)ccc1C(N)C1=CCCCO1. The molecule has 92 valence electrons. The molecule has 0 aromatic heterocycles. The molecular weight excluding hydrogens is 238 g/mol. The van der Waals surface area contributed by atoms with Gasteiger partial charge >= 0.3 is 0 Å². The lowest BCUT2D eigenvalue weighted by Gasteiger charge is -2.22. The molecule has 1 aromatic rings. The summed E-state index contributed by atoms with van der Waals surface area (Å²) in [6, 6.07) is 5.16. The minimum absolute atomic E-state index is 0.289. The van der Waals surface area contributed by atoms with Crippen molar-refractivity contribution in [2.45, 2.75) is 18.9 Å². The second-order valence-electron chi connectivity index (χ2n) is 3.96. The van der Waals surface area contributed by atoms with Gasteiger partial charge in [-0.1, -0.05) is 17.7 Å². The normalized spacial score (nSPS) is 17.0. The van der Waals surface area contributed by atoms with E-state index in [2.05, 4.69) is 0 Å². The highest BCUT2D eigenvalue weighted by molar-refractivity contribution is 6.30. The van der Waals surface area contributed by atoms with Crippen LogP contribution in [0.5, 0.6) is 5.75 Å². The van der Waals surface area contributed by atoms with Crippen molar-refractivity contribution in [3.05, 3.63) is 40.6 Å². The maximum Gasteiger partial charge on any atom is 0.125 e. The Balaban J connectivity index is 2.29. The maximum atomic E-state index is 6.18. The second-order valence-corrected chi connectivity index (χ2v) is 4.40. The summed E-state index contributed by atoms with van der Waals surface area (Å²) in [6.45, 7) is 0.732. The lowest BCUT2D eigenvalue weighted by atomic mass is 10.0. The Hall–Kier alpha value is -1.19. The van der Waals surface area contributed by atoms with Crippen LogP contribution in [-0.2, 0) is 4.74 Å². The molecule has 2 N–H and O–H groups in total. The molecule has 0 amide bonds. The molecule has 3 nitrogen and oxygen atoms in total. The van der Waals surface area contributed by atoms with E-state index in [1.165, 1.54) is 0 Å². The highest BCUT2D eigenvalue weighted by Gasteiger charge is 2.19. The molecule has 1 heterocycles. The summed E-state index contributed by atoms with van der Waals surface area (Å²) in [5.41, 5.74) is 7.07. The first kappa shape index (κ1) is 12.3. The van der Waals surface area contributed by atoms with Gasteiger partial charge in [0.05, 0.1) is 19.8 Å². The van der Waals surface area contributed by atoms with Crippen molar-refractivity contribution in [1.29, 1.82) is 0 Å². The van der Waals surface area contributed by atoms with Gasteiger partial charge in [0, 0.05) is 10.6 Å². The quantitative estimate of drug-likeness (QED) is 0.901. The molecule has 2 rings (SSSR count). The fourth-order valence-corrected chi connectivity index (χ4v) is 2.05. The number of allylic oxidation sites excluding steroid dienone is 1. The van der Waals surface area contributed by atoms with Crippen LogP contribution in [-0.4, -0.2) is 13.7 Å². The van der Waals surface area contributed by atoms with Crippen LogP contribution in [0, 0.1) is 0 Å². The minimum Gasteiger partial charge on any atom is -0.496 e. The van der Waals surface area contributed by atoms with Gasteiger partial charge in [-0.15, -0.1) is 0 Å². The average molecular weight is 254 g/mol. The lowest BCUT2D eigenvalue weighted by Crippen LogP contribution is -2.18. The summed E-state index contributed by atoms with van der Waals surface area (Å²) < 4.78 is 10.9. The fourth-order valence-electron chi connectivity index (χ4n) is 1.89. The van der Waals surface area contributed by atoms with Gasteiger partial charge in [0.1, 0.15) is 11.5 Å². The van der Waals surface area contributed by atoms with Gasteiger partial charge in [-0.3, -0.25) is 0 Å². The second kappa shape index (κ2) is 5.43. The van der Waals surface area contributed by atoms with Crippen LogP contribution in [0.1, 0.15) is 24.4 Å². The van der Waals surface area contributed by atoms with Crippen LogP contribution in [0.4, 0.5) is 0 Å². The monoisotopic (exact) mass is 253 g/mol. The standard InChI is InChI=1S/C13H16ClNO2/c1-16-12-8-9(14)5-6-10(12)13(15)11-4-2-3-7-17-11/h4-6,8,13H,2-3,7,15H2,1H3. The number of benzene rings is 1. The highest BCUT2D eigenvalue weighted by atomic mass is 35.5. The van der Waals surface area contributed by atoms with Crippen LogP contribution in [0.25, 0.3) is 0 Å². The van der Waals surface area contributed by atoms with E-state index in [4.69, 9.17) is 26.8 Å². The lowest BCUT2D eigenvalue weighted by molar-refractivity contribution is 0.175. The van der Waals surface area contributed by atoms with Crippen LogP contribution in [0.15, 0.2) is 30.0 Å². The topological polar surface area (TPSA) is 44.5 Å². The molecule has 1 atom stereocenters. The first-order valence-electron chi connectivity index (χ1n) is 5.64. The third kappa shape index (κ3) is 2.73. The maximum absolute atomic E-state index is 6.18. The van der Waals surface area contributed by atoms with Crippen molar-refractivity contribution in [3.63, 3.8) is 0 Å². The summed E-state index contributed by atoms with van der Waals surface area (Å²) in [5.74, 6) is 1.51. The Labute approximate surface area is 106 Å².